The number of carbonyl (C=O) groups excluding carboxylic acids is 1. The average Bonchev–Trinajstić information content (AvgIpc) is 3.14. The molecule has 4 rings (SSSR count). The fourth-order valence-corrected chi connectivity index (χ4v) is 4.42. The Kier molecular flexibility index (Phi) is 7.96. The second-order valence-corrected chi connectivity index (χ2v) is 10.5. The van der Waals surface area contributed by atoms with Crippen LogP contribution in [-0.4, -0.2) is 46.8 Å². The van der Waals surface area contributed by atoms with Gasteiger partial charge in [0.05, 0.1) is 19.7 Å². The van der Waals surface area contributed by atoms with Gasteiger partial charge in [-0.15, -0.1) is 0 Å². The molecule has 0 unspecified atom stereocenters. The summed E-state index contributed by atoms with van der Waals surface area (Å²) < 4.78 is 8.96. The van der Waals surface area contributed by atoms with Crippen LogP contribution in [0, 0.1) is 12.8 Å². The number of hydrogen-bond donors (Lipinski definition) is 0. The molecule has 1 amide bonds. The van der Waals surface area contributed by atoms with Crippen LogP contribution in [0.15, 0.2) is 53.0 Å². The van der Waals surface area contributed by atoms with E-state index in [-0.39, 0.29) is 5.91 Å². The summed E-state index contributed by atoms with van der Waals surface area (Å²) in [5.41, 5.74) is 3.15. The molecular weight excluding hydrogens is 516 g/mol. The van der Waals surface area contributed by atoms with Crippen molar-refractivity contribution < 1.29 is 9.53 Å². The predicted octanol–water partition coefficient (Wildman–Crippen LogP) is 5.54. The fourth-order valence-electron chi connectivity index (χ4n) is 3.96. The average molecular weight is 546 g/mol. The van der Waals surface area contributed by atoms with Crippen molar-refractivity contribution in [1.29, 1.82) is 0 Å². The van der Waals surface area contributed by atoms with Gasteiger partial charge in [0.1, 0.15) is 5.75 Å². The largest absolute Gasteiger partial charge is 0.493 e. The van der Waals surface area contributed by atoms with Crippen LogP contribution in [0.25, 0.3) is 0 Å². The molecular formula is C26H30BrClN4O2. The Bertz CT molecular complexity index is 1150. The number of carbonyl (C=O) groups is 1. The molecule has 1 aliphatic heterocycles. The number of rotatable bonds is 8. The highest BCUT2D eigenvalue weighted by molar-refractivity contribution is 9.10. The minimum absolute atomic E-state index is 0.0664. The van der Waals surface area contributed by atoms with E-state index in [1.807, 2.05) is 48.0 Å². The third kappa shape index (κ3) is 6.20. The van der Waals surface area contributed by atoms with Crippen LogP contribution in [0.4, 0.5) is 5.82 Å². The van der Waals surface area contributed by atoms with E-state index in [1.54, 1.807) is 4.90 Å². The van der Waals surface area contributed by atoms with Crippen molar-refractivity contribution in [2.75, 3.05) is 31.1 Å². The number of halogens is 2. The highest BCUT2D eigenvalue weighted by Gasteiger charge is 2.27. The van der Waals surface area contributed by atoms with Crippen LogP contribution in [0.1, 0.15) is 30.7 Å². The molecule has 1 saturated heterocycles. The number of hydrogen-bond acceptors (Lipinski definition) is 4. The first-order valence-corrected chi connectivity index (χ1v) is 12.7. The lowest BCUT2D eigenvalue weighted by atomic mass is 10.2. The van der Waals surface area contributed by atoms with E-state index < -0.39 is 0 Å². The minimum atomic E-state index is 0.0664. The van der Waals surface area contributed by atoms with Gasteiger partial charge in [-0.05, 0) is 48.7 Å². The molecule has 8 heteroatoms. The zero-order valence-electron chi connectivity index (χ0n) is 19.8. The SMILES string of the molecule is Cc1cc(N2CCN(Cc3ccc(Br)cc3)CC2=O)nn1Cc1cc(Cl)ccc1OCC(C)C. The number of amides is 1. The third-order valence-electron chi connectivity index (χ3n) is 5.78. The summed E-state index contributed by atoms with van der Waals surface area (Å²) in [6, 6.07) is 15.9. The molecule has 0 spiro atoms. The normalized spacial score (nSPS) is 14.8. The maximum Gasteiger partial charge on any atom is 0.242 e. The summed E-state index contributed by atoms with van der Waals surface area (Å²) in [5.74, 6) is 2.00. The molecule has 1 fully saturated rings. The van der Waals surface area contributed by atoms with Crippen molar-refractivity contribution >= 4 is 39.3 Å². The molecule has 1 aromatic heterocycles. The Balaban J connectivity index is 1.44. The van der Waals surface area contributed by atoms with E-state index in [2.05, 4.69) is 46.8 Å². The van der Waals surface area contributed by atoms with Crippen LogP contribution in [0.2, 0.25) is 5.02 Å². The van der Waals surface area contributed by atoms with Crippen LogP contribution < -0.4 is 9.64 Å². The summed E-state index contributed by atoms with van der Waals surface area (Å²) in [4.78, 5) is 16.9. The van der Waals surface area contributed by atoms with E-state index in [1.165, 1.54) is 5.56 Å². The number of aryl methyl sites for hydroxylation is 1. The maximum atomic E-state index is 13.0. The lowest BCUT2D eigenvalue weighted by Gasteiger charge is -2.33. The van der Waals surface area contributed by atoms with Gasteiger partial charge in [0, 0.05) is 46.5 Å². The first-order chi connectivity index (χ1) is 16.3. The summed E-state index contributed by atoms with van der Waals surface area (Å²) in [6.07, 6.45) is 0. The second-order valence-electron chi connectivity index (χ2n) is 9.14. The zero-order chi connectivity index (χ0) is 24.2. The smallest absolute Gasteiger partial charge is 0.242 e. The lowest BCUT2D eigenvalue weighted by Crippen LogP contribution is -2.50. The number of piperazine rings is 1. The van der Waals surface area contributed by atoms with Gasteiger partial charge < -0.3 is 4.74 Å². The second kappa shape index (κ2) is 10.9. The molecule has 6 nitrogen and oxygen atoms in total. The lowest BCUT2D eigenvalue weighted by molar-refractivity contribution is -0.121. The first-order valence-electron chi connectivity index (χ1n) is 11.5. The van der Waals surface area contributed by atoms with E-state index in [0.29, 0.717) is 43.0 Å². The van der Waals surface area contributed by atoms with Gasteiger partial charge in [-0.2, -0.15) is 5.10 Å². The monoisotopic (exact) mass is 544 g/mol. The molecule has 0 bridgehead atoms. The summed E-state index contributed by atoms with van der Waals surface area (Å²) >= 11 is 9.73. The Hall–Kier alpha value is -2.35. The molecule has 34 heavy (non-hydrogen) atoms. The minimum Gasteiger partial charge on any atom is -0.493 e. The molecule has 180 valence electrons. The third-order valence-corrected chi connectivity index (χ3v) is 6.54. The number of aromatic nitrogens is 2. The molecule has 3 aromatic rings. The van der Waals surface area contributed by atoms with Crippen LogP contribution in [0.3, 0.4) is 0 Å². The van der Waals surface area contributed by atoms with E-state index in [4.69, 9.17) is 21.4 Å². The summed E-state index contributed by atoms with van der Waals surface area (Å²) in [7, 11) is 0. The molecule has 0 saturated carbocycles. The topological polar surface area (TPSA) is 50.6 Å². The van der Waals surface area contributed by atoms with Crippen LogP contribution in [0.5, 0.6) is 5.75 Å². The van der Waals surface area contributed by atoms with Crippen molar-refractivity contribution in [3.63, 3.8) is 0 Å². The van der Waals surface area contributed by atoms with Crippen molar-refractivity contribution in [1.82, 2.24) is 14.7 Å². The highest BCUT2D eigenvalue weighted by atomic mass is 79.9. The van der Waals surface area contributed by atoms with Gasteiger partial charge in [-0.3, -0.25) is 19.3 Å². The van der Waals surface area contributed by atoms with Crippen LogP contribution in [-0.2, 0) is 17.9 Å². The van der Waals surface area contributed by atoms with Crippen LogP contribution >= 0.6 is 27.5 Å². The Morgan fingerprint density at radius 3 is 2.56 bits per heavy atom. The van der Waals surface area contributed by atoms with Gasteiger partial charge in [0.15, 0.2) is 5.82 Å². The first kappa shape index (κ1) is 24.8. The molecule has 2 heterocycles. The standard InChI is InChI=1S/C26H30BrClN4O2/c1-18(2)17-34-24-9-8-23(28)13-21(24)15-32-19(3)12-25(29-32)31-11-10-30(16-26(31)33)14-20-4-6-22(27)7-5-20/h4-9,12-13,18H,10-11,14-17H2,1-3H3. The molecule has 0 atom stereocenters. The molecule has 0 aliphatic carbocycles. The van der Waals surface area contributed by atoms with Crippen molar-refractivity contribution in [3.8, 4) is 5.75 Å². The number of ether oxygens (including phenoxy) is 1. The molecule has 2 aromatic carbocycles. The fraction of sp³-hybridized carbons (Fsp3) is 0.385. The van der Waals surface area contributed by atoms with Gasteiger partial charge >= 0.3 is 0 Å². The Morgan fingerprint density at radius 1 is 1.09 bits per heavy atom. The molecule has 1 aliphatic rings. The molecule has 0 radical (unpaired) electrons. The Morgan fingerprint density at radius 2 is 1.85 bits per heavy atom. The van der Waals surface area contributed by atoms with Crippen molar-refractivity contribution in [2.45, 2.75) is 33.9 Å². The predicted molar refractivity (Wildman–Crippen MR) is 140 cm³/mol. The van der Waals surface area contributed by atoms with Gasteiger partial charge in [0.25, 0.3) is 0 Å². The summed E-state index contributed by atoms with van der Waals surface area (Å²) in [5, 5.41) is 5.42. The quantitative estimate of drug-likeness (QED) is 0.373. The van der Waals surface area contributed by atoms with Gasteiger partial charge in [0.2, 0.25) is 5.91 Å². The Labute approximate surface area is 214 Å². The van der Waals surface area contributed by atoms with Gasteiger partial charge in [-0.1, -0.05) is 53.5 Å². The summed E-state index contributed by atoms with van der Waals surface area (Å²) in [6.45, 7) is 9.96. The van der Waals surface area contributed by atoms with E-state index in [0.717, 1.165) is 34.6 Å². The maximum absolute atomic E-state index is 13.0. The number of anilines is 1. The van der Waals surface area contributed by atoms with Crippen molar-refractivity contribution in [3.05, 3.63) is 74.8 Å². The van der Waals surface area contributed by atoms with Gasteiger partial charge in [-0.25, -0.2) is 0 Å². The molecule has 0 N–H and O–H groups in total. The number of nitrogens with zero attached hydrogens (tertiary/aromatic N) is 4. The van der Waals surface area contributed by atoms with Crippen molar-refractivity contribution in [2.24, 2.45) is 5.92 Å². The number of benzene rings is 2. The highest BCUT2D eigenvalue weighted by Crippen LogP contribution is 2.26. The van der Waals surface area contributed by atoms with E-state index in [9.17, 15) is 4.79 Å². The zero-order valence-corrected chi connectivity index (χ0v) is 22.1. The van der Waals surface area contributed by atoms with E-state index >= 15 is 0 Å².